The molecule has 0 aromatic rings. The molecular formula is C14H22O3. The number of ether oxygens (including phenoxy) is 2. The zero-order chi connectivity index (χ0) is 12.5. The van der Waals surface area contributed by atoms with Crippen LogP contribution in [0, 0.1) is 0 Å². The molecule has 0 radical (unpaired) electrons. The van der Waals surface area contributed by atoms with Gasteiger partial charge in [0.25, 0.3) is 0 Å². The van der Waals surface area contributed by atoms with E-state index in [0.717, 1.165) is 32.1 Å². The van der Waals surface area contributed by atoms with Crippen LogP contribution < -0.4 is 0 Å². The first kappa shape index (κ1) is 12.6. The number of fused-ring (bicyclic) bond motifs is 2. The van der Waals surface area contributed by atoms with E-state index < -0.39 is 0 Å². The van der Waals surface area contributed by atoms with Gasteiger partial charge in [-0.15, -0.1) is 6.58 Å². The monoisotopic (exact) mass is 238 g/mol. The number of carbonyl (C=O) groups is 1. The van der Waals surface area contributed by atoms with E-state index in [4.69, 9.17) is 9.47 Å². The molecule has 2 rings (SSSR count). The maximum absolute atomic E-state index is 11.1. The van der Waals surface area contributed by atoms with Gasteiger partial charge in [-0.3, -0.25) is 4.79 Å². The van der Waals surface area contributed by atoms with Crippen molar-refractivity contribution in [2.24, 2.45) is 0 Å². The predicted octanol–water partition coefficient (Wildman–Crippen LogP) is 2.99. The number of rotatable bonds is 3. The molecule has 0 saturated carbocycles. The standard InChI is InChI=1S/C14H22O3/c1-4-6-14-8-5-7-13(3,17-14)9-12(10-14)16-11(2)15/h4,12H,1,5-10H2,2-3H3/t12-,13-,14+/m1/s1. The van der Waals surface area contributed by atoms with Gasteiger partial charge in [0, 0.05) is 19.8 Å². The highest BCUT2D eigenvalue weighted by molar-refractivity contribution is 5.66. The third-order valence-corrected chi connectivity index (χ3v) is 3.91. The molecule has 17 heavy (non-hydrogen) atoms. The Morgan fingerprint density at radius 1 is 1.53 bits per heavy atom. The molecule has 2 aliphatic rings. The van der Waals surface area contributed by atoms with Crippen molar-refractivity contribution in [3.63, 3.8) is 0 Å². The molecule has 0 N–H and O–H groups in total. The van der Waals surface area contributed by atoms with Crippen LogP contribution in [0.15, 0.2) is 12.7 Å². The van der Waals surface area contributed by atoms with E-state index >= 15 is 0 Å². The molecular weight excluding hydrogens is 216 g/mol. The van der Waals surface area contributed by atoms with Gasteiger partial charge < -0.3 is 9.47 Å². The second-order valence-corrected chi connectivity index (χ2v) is 5.72. The van der Waals surface area contributed by atoms with Crippen LogP contribution in [0.2, 0.25) is 0 Å². The van der Waals surface area contributed by atoms with Crippen LogP contribution >= 0.6 is 0 Å². The lowest BCUT2D eigenvalue weighted by Crippen LogP contribution is -2.55. The Hall–Kier alpha value is -0.830. The fraction of sp³-hybridized carbons (Fsp3) is 0.786. The van der Waals surface area contributed by atoms with Gasteiger partial charge in [0.2, 0.25) is 0 Å². The van der Waals surface area contributed by atoms with Crippen molar-refractivity contribution >= 4 is 5.97 Å². The molecule has 0 amide bonds. The summed E-state index contributed by atoms with van der Waals surface area (Å²) in [4.78, 5) is 11.1. The maximum atomic E-state index is 11.1. The fourth-order valence-electron chi connectivity index (χ4n) is 3.47. The van der Waals surface area contributed by atoms with Gasteiger partial charge in [0.05, 0.1) is 11.2 Å². The smallest absolute Gasteiger partial charge is 0.302 e. The highest BCUT2D eigenvalue weighted by Gasteiger charge is 2.50. The molecule has 2 fully saturated rings. The minimum atomic E-state index is -0.188. The first-order valence-corrected chi connectivity index (χ1v) is 6.45. The summed E-state index contributed by atoms with van der Waals surface area (Å²) in [5, 5.41) is 0. The highest BCUT2D eigenvalue weighted by Crippen LogP contribution is 2.48. The van der Waals surface area contributed by atoms with Crippen molar-refractivity contribution in [3.8, 4) is 0 Å². The number of carbonyl (C=O) groups excluding carboxylic acids is 1. The second kappa shape index (κ2) is 4.45. The molecule has 0 aromatic carbocycles. The Balaban J connectivity index is 2.15. The molecule has 2 saturated heterocycles. The molecule has 2 aliphatic heterocycles. The van der Waals surface area contributed by atoms with E-state index in [-0.39, 0.29) is 23.3 Å². The van der Waals surface area contributed by atoms with Crippen LogP contribution in [0.4, 0.5) is 0 Å². The van der Waals surface area contributed by atoms with Gasteiger partial charge in [-0.05, 0) is 32.6 Å². The minimum absolute atomic E-state index is 0.00602. The van der Waals surface area contributed by atoms with Crippen LogP contribution in [0.1, 0.15) is 52.4 Å². The summed E-state index contributed by atoms with van der Waals surface area (Å²) < 4.78 is 11.7. The molecule has 96 valence electrons. The summed E-state index contributed by atoms with van der Waals surface area (Å²) in [6, 6.07) is 0. The molecule has 3 atom stereocenters. The summed E-state index contributed by atoms with van der Waals surface area (Å²) in [5.41, 5.74) is -0.271. The largest absolute Gasteiger partial charge is 0.462 e. The van der Waals surface area contributed by atoms with Crippen molar-refractivity contribution in [3.05, 3.63) is 12.7 Å². The average Bonchev–Trinajstić information content (AvgIpc) is 2.13. The molecule has 0 spiro atoms. The topological polar surface area (TPSA) is 35.5 Å². The van der Waals surface area contributed by atoms with Gasteiger partial charge in [-0.2, -0.15) is 0 Å². The van der Waals surface area contributed by atoms with Crippen LogP contribution in [0.25, 0.3) is 0 Å². The highest BCUT2D eigenvalue weighted by atomic mass is 16.6. The van der Waals surface area contributed by atoms with E-state index in [2.05, 4.69) is 13.5 Å². The van der Waals surface area contributed by atoms with Gasteiger partial charge in [-0.25, -0.2) is 0 Å². The molecule has 3 nitrogen and oxygen atoms in total. The molecule has 2 bridgehead atoms. The minimum Gasteiger partial charge on any atom is -0.462 e. The SMILES string of the molecule is C=CC[C@]12CCC[C@](C)(C[C@@H](OC(C)=O)C1)O2. The summed E-state index contributed by atoms with van der Waals surface area (Å²) in [5.74, 6) is -0.188. The third-order valence-electron chi connectivity index (χ3n) is 3.91. The first-order valence-electron chi connectivity index (χ1n) is 6.45. The molecule has 2 heterocycles. The lowest BCUT2D eigenvalue weighted by molar-refractivity contribution is -0.239. The molecule has 0 unspecified atom stereocenters. The Morgan fingerprint density at radius 3 is 2.94 bits per heavy atom. The summed E-state index contributed by atoms with van der Waals surface area (Å²) >= 11 is 0. The Morgan fingerprint density at radius 2 is 2.29 bits per heavy atom. The van der Waals surface area contributed by atoms with Gasteiger partial charge in [0.1, 0.15) is 6.10 Å². The van der Waals surface area contributed by atoms with Crippen LogP contribution in [-0.2, 0) is 14.3 Å². The maximum Gasteiger partial charge on any atom is 0.302 e. The Labute approximate surface area is 103 Å². The van der Waals surface area contributed by atoms with E-state index in [0.29, 0.717) is 0 Å². The van der Waals surface area contributed by atoms with Crippen molar-refractivity contribution in [1.82, 2.24) is 0 Å². The summed E-state index contributed by atoms with van der Waals surface area (Å²) in [7, 11) is 0. The third kappa shape index (κ3) is 2.71. The van der Waals surface area contributed by atoms with Crippen molar-refractivity contribution < 1.29 is 14.3 Å². The normalized spacial score (nSPS) is 40.7. The second-order valence-electron chi connectivity index (χ2n) is 5.72. The van der Waals surface area contributed by atoms with Crippen molar-refractivity contribution in [2.45, 2.75) is 69.7 Å². The van der Waals surface area contributed by atoms with Crippen LogP contribution in [0.5, 0.6) is 0 Å². The lowest BCUT2D eigenvalue weighted by atomic mass is 9.73. The van der Waals surface area contributed by atoms with Crippen LogP contribution in [0.3, 0.4) is 0 Å². The molecule has 0 aliphatic carbocycles. The van der Waals surface area contributed by atoms with Gasteiger partial charge in [0.15, 0.2) is 0 Å². The number of esters is 1. The van der Waals surface area contributed by atoms with Gasteiger partial charge in [-0.1, -0.05) is 6.08 Å². The first-order chi connectivity index (χ1) is 7.97. The molecule has 3 heteroatoms. The number of hydrogen-bond donors (Lipinski definition) is 0. The lowest BCUT2D eigenvalue weighted by Gasteiger charge is -2.53. The average molecular weight is 238 g/mol. The van der Waals surface area contributed by atoms with Gasteiger partial charge >= 0.3 is 5.97 Å². The Kier molecular flexibility index (Phi) is 3.30. The van der Waals surface area contributed by atoms with E-state index in [1.54, 1.807) is 0 Å². The van der Waals surface area contributed by atoms with E-state index in [9.17, 15) is 4.79 Å². The van der Waals surface area contributed by atoms with E-state index in [1.807, 2.05) is 6.08 Å². The summed E-state index contributed by atoms with van der Waals surface area (Å²) in [6.07, 6.45) is 7.71. The zero-order valence-electron chi connectivity index (χ0n) is 10.8. The number of hydrogen-bond acceptors (Lipinski definition) is 3. The van der Waals surface area contributed by atoms with Crippen molar-refractivity contribution in [1.29, 1.82) is 0 Å². The van der Waals surface area contributed by atoms with Crippen molar-refractivity contribution in [2.75, 3.05) is 0 Å². The Bertz CT molecular complexity index is 325. The molecule has 0 aromatic heterocycles. The zero-order valence-corrected chi connectivity index (χ0v) is 10.8. The van der Waals surface area contributed by atoms with Crippen LogP contribution in [-0.4, -0.2) is 23.3 Å². The predicted molar refractivity (Wildman–Crippen MR) is 65.7 cm³/mol. The summed E-state index contributed by atoms with van der Waals surface area (Å²) in [6.45, 7) is 7.44. The fourth-order valence-corrected chi connectivity index (χ4v) is 3.47. The van der Waals surface area contributed by atoms with E-state index in [1.165, 1.54) is 13.3 Å². The quantitative estimate of drug-likeness (QED) is 0.560.